The predicted molar refractivity (Wildman–Crippen MR) is 103 cm³/mol. The van der Waals surface area contributed by atoms with Gasteiger partial charge in [0.05, 0.1) is 0 Å². The first kappa shape index (κ1) is 20.7. The minimum absolute atomic E-state index is 0.0499. The van der Waals surface area contributed by atoms with Gasteiger partial charge in [0.25, 0.3) is 0 Å². The monoisotopic (exact) mass is 416 g/mol. The maximum atomic E-state index is 13.1. The molecule has 0 aromatic carbocycles. The van der Waals surface area contributed by atoms with Crippen LogP contribution in [0.4, 0.5) is 0 Å². The number of nitrogens with zero attached hydrogens (tertiary/aromatic N) is 4. The first-order valence-corrected chi connectivity index (χ1v) is 12.6. The summed E-state index contributed by atoms with van der Waals surface area (Å²) in [5.74, 6) is 0. The number of rotatable bonds is 4. The molecule has 3 heterocycles. The van der Waals surface area contributed by atoms with Crippen LogP contribution in [0, 0.1) is 0 Å². The van der Waals surface area contributed by atoms with Crippen LogP contribution >= 0.6 is 0 Å². The number of hydrogen-bond donors (Lipinski definition) is 0. The second-order valence-corrected chi connectivity index (χ2v) is 11.4. The summed E-state index contributed by atoms with van der Waals surface area (Å²) in [6.45, 7) is 4.87. The smallest absolute Gasteiger partial charge is 0.244 e. The van der Waals surface area contributed by atoms with E-state index in [0.717, 1.165) is 57.9 Å². The van der Waals surface area contributed by atoms with Crippen molar-refractivity contribution in [1.29, 1.82) is 0 Å². The molecule has 152 valence electrons. The molecule has 0 spiro atoms. The molecule has 1 aromatic heterocycles. The van der Waals surface area contributed by atoms with E-state index in [1.165, 1.54) is 12.1 Å². The molecule has 8 nitrogen and oxygen atoms in total. The average molecular weight is 417 g/mol. The van der Waals surface area contributed by atoms with Crippen LogP contribution in [0.3, 0.4) is 0 Å². The van der Waals surface area contributed by atoms with Gasteiger partial charge in [-0.2, -0.15) is 4.31 Å². The van der Waals surface area contributed by atoms with Crippen molar-refractivity contribution in [2.45, 2.75) is 35.2 Å². The van der Waals surface area contributed by atoms with Crippen LogP contribution in [0.15, 0.2) is 28.3 Å². The number of sulfonamides is 1. The fraction of sp³-hybridized carbons (Fsp3) is 0.706. The molecule has 0 unspecified atom stereocenters. The second kappa shape index (κ2) is 8.12. The lowest BCUT2D eigenvalue weighted by atomic mass is 10.1. The minimum atomic E-state index is -3.69. The van der Waals surface area contributed by atoms with Gasteiger partial charge in [-0.1, -0.05) is 6.42 Å². The van der Waals surface area contributed by atoms with Gasteiger partial charge in [-0.15, -0.1) is 0 Å². The van der Waals surface area contributed by atoms with Crippen LogP contribution in [0.1, 0.15) is 19.3 Å². The van der Waals surface area contributed by atoms with Crippen molar-refractivity contribution in [3.8, 4) is 0 Å². The van der Waals surface area contributed by atoms with Crippen LogP contribution in [0.5, 0.6) is 0 Å². The van der Waals surface area contributed by atoms with E-state index < -0.39 is 19.9 Å². The molecule has 2 fully saturated rings. The molecule has 1 atom stereocenters. The molecule has 10 heteroatoms. The number of piperazine rings is 1. The molecule has 0 saturated carbocycles. The topological polar surface area (TPSA) is 90.9 Å². The Morgan fingerprint density at radius 3 is 2.30 bits per heavy atom. The van der Waals surface area contributed by atoms with Crippen molar-refractivity contribution in [3.63, 3.8) is 0 Å². The highest BCUT2D eigenvalue weighted by molar-refractivity contribution is 7.90. The zero-order chi connectivity index (χ0) is 19.7. The quantitative estimate of drug-likeness (QED) is 0.696. The maximum absolute atomic E-state index is 13.1. The van der Waals surface area contributed by atoms with Gasteiger partial charge in [-0.05, 0) is 32.0 Å². The molecule has 0 bridgehead atoms. The van der Waals surface area contributed by atoms with Crippen molar-refractivity contribution in [1.82, 2.24) is 19.1 Å². The van der Waals surface area contributed by atoms with Gasteiger partial charge in [-0.3, -0.25) is 4.90 Å². The van der Waals surface area contributed by atoms with E-state index in [0.29, 0.717) is 13.1 Å². The molecule has 2 saturated heterocycles. The molecule has 0 amide bonds. The molecule has 0 aliphatic carbocycles. The van der Waals surface area contributed by atoms with E-state index in [4.69, 9.17) is 0 Å². The summed E-state index contributed by atoms with van der Waals surface area (Å²) >= 11 is 0. The standard InChI is InChI=1S/C17H28N4O4S2/c1-19-9-11-20(12-10-19)15-5-3-4-8-21(14-15)27(24,25)16-6-7-17(18-13-16)26(2,22)23/h6-7,13,15H,3-5,8-12,14H2,1-2H3/t15-/m0/s1. The Kier molecular flexibility index (Phi) is 6.21. The summed E-state index contributed by atoms with van der Waals surface area (Å²) in [6, 6.07) is 2.83. The van der Waals surface area contributed by atoms with Crippen LogP contribution in [-0.4, -0.2) is 94.5 Å². The highest BCUT2D eigenvalue weighted by atomic mass is 32.2. The van der Waals surface area contributed by atoms with Crippen molar-refractivity contribution < 1.29 is 16.8 Å². The Morgan fingerprint density at radius 1 is 1.00 bits per heavy atom. The van der Waals surface area contributed by atoms with E-state index >= 15 is 0 Å². The van der Waals surface area contributed by atoms with Crippen molar-refractivity contribution >= 4 is 19.9 Å². The lowest BCUT2D eigenvalue weighted by Gasteiger charge is -2.38. The Labute approximate surface area is 162 Å². The Balaban J connectivity index is 1.78. The van der Waals surface area contributed by atoms with Gasteiger partial charge in [0.2, 0.25) is 10.0 Å². The summed E-state index contributed by atoms with van der Waals surface area (Å²) < 4.78 is 50.8. The molecule has 1 aromatic rings. The minimum Gasteiger partial charge on any atom is -0.304 e. The molecule has 3 rings (SSSR count). The van der Waals surface area contributed by atoms with Gasteiger partial charge in [-0.25, -0.2) is 21.8 Å². The van der Waals surface area contributed by atoms with Crippen LogP contribution in [-0.2, 0) is 19.9 Å². The first-order chi connectivity index (χ1) is 12.7. The van der Waals surface area contributed by atoms with E-state index in [9.17, 15) is 16.8 Å². The number of aromatic nitrogens is 1. The van der Waals surface area contributed by atoms with Crippen LogP contribution in [0.25, 0.3) is 0 Å². The number of hydrogen-bond acceptors (Lipinski definition) is 7. The Morgan fingerprint density at radius 2 is 1.70 bits per heavy atom. The Hall–Kier alpha value is -1.07. The van der Waals surface area contributed by atoms with E-state index in [-0.39, 0.29) is 16.0 Å². The largest absolute Gasteiger partial charge is 0.304 e. The van der Waals surface area contributed by atoms with Crippen LogP contribution < -0.4 is 0 Å². The third-order valence-electron chi connectivity index (χ3n) is 5.39. The summed E-state index contributed by atoms with van der Waals surface area (Å²) in [6.07, 6.45) is 5.05. The molecule has 2 aliphatic rings. The van der Waals surface area contributed by atoms with E-state index in [2.05, 4.69) is 21.8 Å². The van der Waals surface area contributed by atoms with Gasteiger partial charge in [0, 0.05) is 57.8 Å². The lowest BCUT2D eigenvalue weighted by Crippen LogP contribution is -2.52. The van der Waals surface area contributed by atoms with Gasteiger partial charge >= 0.3 is 0 Å². The third-order valence-corrected chi connectivity index (χ3v) is 8.24. The molecule has 2 aliphatic heterocycles. The molecule has 0 radical (unpaired) electrons. The average Bonchev–Trinajstić information content (AvgIpc) is 2.88. The summed E-state index contributed by atoms with van der Waals surface area (Å²) in [7, 11) is -5.04. The first-order valence-electron chi connectivity index (χ1n) is 9.27. The highest BCUT2D eigenvalue weighted by Crippen LogP contribution is 2.23. The van der Waals surface area contributed by atoms with Crippen LogP contribution in [0.2, 0.25) is 0 Å². The SMILES string of the molecule is CN1CCN([C@H]2CCCCN(S(=O)(=O)c3ccc(S(C)(=O)=O)nc3)C2)CC1. The number of likely N-dealkylation sites (N-methyl/N-ethyl adjacent to an activating group) is 1. The lowest BCUT2D eigenvalue weighted by molar-refractivity contribution is 0.100. The summed E-state index contributed by atoms with van der Waals surface area (Å²) in [5, 5.41) is -0.118. The van der Waals surface area contributed by atoms with Crippen molar-refractivity contribution in [3.05, 3.63) is 18.3 Å². The van der Waals surface area contributed by atoms with E-state index in [1.807, 2.05) is 0 Å². The van der Waals surface area contributed by atoms with Crippen molar-refractivity contribution in [2.75, 3.05) is 52.6 Å². The molecular formula is C17H28N4O4S2. The third kappa shape index (κ3) is 4.86. The van der Waals surface area contributed by atoms with Crippen molar-refractivity contribution in [2.24, 2.45) is 0 Å². The Bertz CT molecular complexity index is 847. The predicted octanol–water partition coefficient (Wildman–Crippen LogP) is 0.276. The molecule has 0 N–H and O–H groups in total. The van der Waals surface area contributed by atoms with Gasteiger partial charge < -0.3 is 4.90 Å². The highest BCUT2D eigenvalue weighted by Gasteiger charge is 2.32. The molecular weight excluding hydrogens is 388 g/mol. The van der Waals surface area contributed by atoms with E-state index in [1.54, 1.807) is 4.31 Å². The summed E-state index contributed by atoms with van der Waals surface area (Å²) in [4.78, 5) is 8.58. The van der Waals surface area contributed by atoms with Gasteiger partial charge in [0.1, 0.15) is 4.90 Å². The normalized spacial score (nSPS) is 24.6. The molecule has 27 heavy (non-hydrogen) atoms. The fourth-order valence-electron chi connectivity index (χ4n) is 3.68. The fourth-order valence-corrected chi connectivity index (χ4v) is 5.70. The maximum Gasteiger partial charge on any atom is 0.244 e. The number of sulfone groups is 1. The second-order valence-electron chi connectivity index (χ2n) is 7.46. The number of pyridine rings is 1. The zero-order valence-corrected chi connectivity index (χ0v) is 17.5. The zero-order valence-electron chi connectivity index (χ0n) is 15.9. The summed E-state index contributed by atoms with van der Waals surface area (Å²) in [5.41, 5.74) is 0. The van der Waals surface area contributed by atoms with Gasteiger partial charge in [0.15, 0.2) is 14.9 Å².